The summed E-state index contributed by atoms with van der Waals surface area (Å²) in [6, 6.07) is 43.4. The van der Waals surface area contributed by atoms with Gasteiger partial charge in [-0.3, -0.25) is 0 Å². The third-order valence-electron chi connectivity index (χ3n) is 10.6. The van der Waals surface area contributed by atoms with Gasteiger partial charge < -0.3 is 9.47 Å². The van der Waals surface area contributed by atoms with Gasteiger partial charge in [-0.2, -0.15) is 0 Å². The minimum absolute atomic E-state index is 0.00373. The lowest BCUT2D eigenvalue weighted by atomic mass is 9.99. The molecule has 0 atom stereocenters. The monoisotopic (exact) mass is 814 g/mol. The van der Waals surface area contributed by atoms with E-state index < -0.39 is 69.2 Å². The molecule has 0 N–H and O–H groups in total. The van der Waals surface area contributed by atoms with E-state index in [4.69, 9.17) is 0 Å². The number of hydrogen-bond acceptors (Lipinski definition) is 1. The molecule has 9 aromatic rings. The lowest BCUT2D eigenvalue weighted by molar-refractivity contribution is 0.379. The van der Waals surface area contributed by atoms with E-state index in [-0.39, 0.29) is 11.4 Å². The third kappa shape index (κ3) is 6.16. The number of aromatic nitrogens is 1. The van der Waals surface area contributed by atoms with Crippen molar-refractivity contribution in [2.24, 2.45) is 0 Å². The van der Waals surface area contributed by atoms with Crippen molar-refractivity contribution < 1.29 is 39.5 Å². The van der Waals surface area contributed by atoms with E-state index in [1.54, 1.807) is 36.4 Å². The molecule has 0 aliphatic carbocycles. The van der Waals surface area contributed by atoms with Crippen LogP contribution in [0.3, 0.4) is 0 Å². The Morgan fingerprint density at radius 1 is 0.367 bits per heavy atom. The molecule has 0 aliphatic rings. The second-order valence-electron chi connectivity index (χ2n) is 14.1. The Bertz CT molecular complexity index is 3070. The number of nitrogens with zero attached hydrogens (tertiary/aromatic N) is 2. The number of aryl methyl sites for hydroxylation is 1. The number of rotatable bonds is 7. The summed E-state index contributed by atoms with van der Waals surface area (Å²) >= 11 is 0. The molecular weight excluding hydrogens is 788 g/mol. The van der Waals surface area contributed by atoms with Crippen molar-refractivity contribution in [1.82, 2.24) is 4.57 Å². The zero-order valence-electron chi connectivity index (χ0n) is 31.2. The van der Waals surface area contributed by atoms with Crippen LogP contribution in [-0.4, -0.2) is 4.57 Å². The molecule has 0 saturated carbocycles. The van der Waals surface area contributed by atoms with Crippen LogP contribution in [0.2, 0.25) is 0 Å². The number of anilines is 3. The van der Waals surface area contributed by atoms with Crippen LogP contribution in [-0.2, 0) is 0 Å². The lowest BCUT2D eigenvalue weighted by Crippen LogP contribution is -2.17. The number of halogens is 9. The minimum atomic E-state index is -2.64. The summed E-state index contributed by atoms with van der Waals surface area (Å²) in [4.78, 5) is 0.858. The zero-order valence-corrected chi connectivity index (χ0v) is 31.2. The fraction of sp³-hybridized carbons (Fsp3) is 0.0204. The molecular formula is C49H27F9N2. The summed E-state index contributed by atoms with van der Waals surface area (Å²) in [5, 5.41) is 1.96. The van der Waals surface area contributed by atoms with Gasteiger partial charge >= 0.3 is 0 Å². The normalized spacial score (nSPS) is 11.5. The topological polar surface area (TPSA) is 8.17 Å². The summed E-state index contributed by atoms with van der Waals surface area (Å²) in [6.45, 7) is 2.02. The van der Waals surface area contributed by atoms with Gasteiger partial charge in [-0.05, 0) is 89.3 Å². The number of para-hydroxylation sites is 1. The Hall–Kier alpha value is -7.27. The first-order chi connectivity index (χ1) is 28.9. The van der Waals surface area contributed by atoms with Crippen LogP contribution < -0.4 is 4.90 Å². The smallest absolute Gasteiger partial charge is 0.200 e. The SMILES string of the molecule is Cc1ccc2c3cc(-c4ccc(N(c5ccc(-c6ccccc6)cc5)c5c(F)c(F)c(-c6c(F)c(F)c(F)c(F)c6F)c(F)c5F)cc4)ccc3n(-c3ccccc3)c2c1. The predicted molar refractivity (Wildman–Crippen MR) is 216 cm³/mol. The number of fused-ring (bicyclic) bond motifs is 3. The standard InChI is InChI=1S/C49H27F9N2/c1-26-12-22-34-35-25-30(17-23-36(35)60(37(34)24-26)31-10-6-3-7-11-31)29-15-20-33(21-16-29)59(32-18-13-28(14-19-32)27-8-4-2-5-9-27)49-47(57)42(52)39(43(53)48(49)58)38-40(50)44(54)46(56)45(55)41(38)51/h2-25H,1H3. The summed E-state index contributed by atoms with van der Waals surface area (Å²) in [7, 11) is 0. The second kappa shape index (κ2) is 14.8. The van der Waals surface area contributed by atoms with E-state index in [1.807, 2.05) is 79.7 Å². The van der Waals surface area contributed by atoms with Gasteiger partial charge in [0.15, 0.2) is 46.5 Å². The van der Waals surface area contributed by atoms with Crippen molar-refractivity contribution >= 4 is 38.9 Å². The van der Waals surface area contributed by atoms with Gasteiger partial charge in [0, 0.05) is 27.8 Å². The molecule has 2 nitrogen and oxygen atoms in total. The first-order valence-electron chi connectivity index (χ1n) is 18.5. The fourth-order valence-electron chi connectivity index (χ4n) is 7.67. The van der Waals surface area contributed by atoms with Gasteiger partial charge in [0.2, 0.25) is 5.82 Å². The number of benzene rings is 8. The van der Waals surface area contributed by atoms with E-state index in [1.165, 1.54) is 24.3 Å². The minimum Gasteiger partial charge on any atom is -0.309 e. The Balaban J connectivity index is 1.19. The zero-order chi connectivity index (χ0) is 42.0. The number of hydrogen-bond donors (Lipinski definition) is 0. The van der Waals surface area contributed by atoms with Crippen LogP contribution in [0.5, 0.6) is 0 Å². The van der Waals surface area contributed by atoms with Crippen molar-refractivity contribution in [3.63, 3.8) is 0 Å². The molecule has 0 radical (unpaired) electrons. The van der Waals surface area contributed by atoms with Gasteiger partial charge in [-0.15, -0.1) is 0 Å². The average Bonchev–Trinajstić information content (AvgIpc) is 3.60. The van der Waals surface area contributed by atoms with Crippen LogP contribution >= 0.6 is 0 Å². The summed E-state index contributed by atoms with van der Waals surface area (Å²) in [5.41, 5.74) is 1.36. The Kier molecular flexibility index (Phi) is 9.46. The molecule has 0 amide bonds. The molecule has 60 heavy (non-hydrogen) atoms. The van der Waals surface area contributed by atoms with Crippen molar-refractivity contribution in [2.45, 2.75) is 6.92 Å². The maximum atomic E-state index is 16.3. The van der Waals surface area contributed by atoms with E-state index in [0.29, 0.717) is 11.1 Å². The maximum Gasteiger partial charge on any atom is 0.200 e. The Morgan fingerprint density at radius 3 is 1.37 bits per heavy atom. The van der Waals surface area contributed by atoms with E-state index >= 15 is 17.6 Å². The first kappa shape index (κ1) is 38.3. The summed E-state index contributed by atoms with van der Waals surface area (Å²) in [6.07, 6.45) is 0. The van der Waals surface area contributed by atoms with E-state index in [2.05, 4.69) is 16.7 Å². The van der Waals surface area contributed by atoms with Gasteiger partial charge in [-0.1, -0.05) is 91.0 Å². The van der Waals surface area contributed by atoms with Crippen molar-refractivity contribution in [3.8, 4) is 39.1 Å². The van der Waals surface area contributed by atoms with Gasteiger partial charge in [-0.25, -0.2) is 39.5 Å². The average molecular weight is 815 g/mol. The Labute approximate surface area is 336 Å². The van der Waals surface area contributed by atoms with Crippen LogP contribution in [0.4, 0.5) is 56.6 Å². The molecule has 9 rings (SSSR count). The molecule has 0 spiro atoms. The molecule has 8 aromatic carbocycles. The van der Waals surface area contributed by atoms with Gasteiger partial charge in [0.25, 0.3) is 0 Å². The molecule has 0 fully saturated rings. The molecule has 11 heteroatoms. The molecule has 1 aromatic heterocycles. The van der Waals surface area contributed by atoms with Crippen LogP contribution in [0, 0.1) is 59.3 Å². The maximum absolute atomic E-state index is 16.3. The lowest BCUT2D eigenvalue weighted by Gasteiger charge is -2.27. The third-order valence-corrected chi connectivity index (χ3v) is 10.6. The van der Waals surface area contributed by atoms with Gasteiger partial charge in [0.05, 0.1) is 22.2 Å². The highest BCUT2D eigenvalue weighted by atomic mass is 19.2. The highest BCUT2D eigenvalue weighted by Crippen LogP contribution is 2.45. The first-order valence-corrected chi connectivity index (χ1v) is 18.5. The van der Waals surface area contributed by atoms with Crippen LogP contribution in [0.15, 0.2) is 146 Å². The molecule has 0 saturated heterocycles. The van der Waals surface area contributed by atoms with Crippen molar-refractivity contribution in [1.29, 1.82) is 0 Å². The van der Waals surface area contributed by atoms with E-state index in [9.17, 15) is 22.0 Å². The largest absolute Gasteiger partial charge is 0.309 e. The molecule has 296 valence electrons. The Morgan fingerprint density at radius 2 is 0.817 bits per heavy atom. The molecule has 1 heterocycles. The van der Waals surface area contributed by atoms with Crippen molar-refractivity contribution in [3.05, 3.63) is 204 Å². The van der Waals surface area contributed by atoms with E-state index in [0.717, 1.165) is 49.1 Å². The summed E-state index contributed by atoms with van der Waals surface area (Å²) < 4.78 is 138. The second-order valence-corrected chi connectivity index (χ2v) is 14.1. The van der Waals surface area contributed by atoms with Crippen molar-refractivity contribution in [2.75, 3.05) is 4.90 Å². The molecule has 0 aliphatic heterocycles. The van der Waals surface area contributed by atoms with Gasteiger partial charge in [0.1, 0.15) is 5.69 Å². The van der Waals surface area contributed by atoms with Crippen LogP contribution in [0.25, 0.3) is 60.9 Å². The predicted octanol–water partition coefficient (Wildman–Crippen LogP) is 14.8. The molecule has 0 bridgehead atoms. The van der Waals surface area contributed by atoms with Crippen LogP contribution in [0.1, 0.15) is 5.56 Å². The highest BCUT2D eigenvalue weighted by Gasteiger charge is 2.36. The fourth-order valence-corrected chi connectivity index (χ4v) is 7.67. The summed E-state index contributed by atoms with van der Waals surface area (Å²) in [5.74, 6) is -22.1. The highest BCUT2D eigenvalue weighted by molar-refractivity contribution is 6.10. The molecule has 0 unspecified atom stereocenters. The quantitative estimate of drug-likeness (QED) is 0.0884.